The molecule has 0 spiro atoms. The minimum Gasteiger partial charge on any atom is -0.337 e. The molecule has 0 N–H and O–H groups in total. The lowest BCUT2D eigenvalue weighted by molar-refractivity contribution is -0.128. The van der Waals surface area contributed by atoms with E-state index < -0.39 is 0 Å². The van der Waals surface area contributed by atoms with Crippen molar-refractivity contribution in [3.8, 4) is 5.69 Å². The van der Waals surface area contributed by atoms with Crippen LogP contribution in [0.4, 0.5) is 0 Å². The lowest BCUT2D eigenvalue weighted by Crippen LogP contribution is -2.34. The van der Waals surface area contributed by atoms with Crippen LogP contribution in [0.3, 0.4) is 0 Å². The van der Waals surface area contributed by atoms with Gasteiger partial charge in [0, 0.05) is 18.8 Å². The molecule has 4 aromatic rings. The van der Waals surface area contributed by atoms with E-state index >= 15 is 0 Å². The summed E-state index contributed by atoms with van der Waals surface area (Å²) in [7, 11) is 0. The monoisotopic (exact) mass is 442 g/mol. The number of carbonyl (C=O) groups is 1. The molecule has 0 aliphatic heterocycles. The van der Waals surface area contributed by atoms with Crippen molar-refractivity contribution in [3.63, 3.8) is 0 Å². The molecule has 0 bridgehead atoms. The maximum atomic E-state index is 13.2. The van der Waals surface area contributed by atoms with Crippen LogP contribution in [0.15, 0.2) is 96.4 Å². The van der Waals surface area contributed by atoms with Gasteiger partial charge in [0.1, 0.15) is 6.33 Å². The maximum Gasteiger partial charge on any atom is 0.233 e. The molecule has 1 heterocycles. The molecule has 0 saturated heterocycles. The normalized spacial score (nSPS) is 10.8. The Morgan fingerprint density at radius 1 is 0.906 bits per heavy atom. The number of nitrogens with zero attached hydrogens (tertiary/aromatic N) is 4. The van der Waals surface area contributed by atoms with E-state index in [1.54, 1.807) is 6.33 Å². The van der Waals surface area contributed by atoms with Crippen LogP contribution in [0.2, 0.25) is 0 Å². The minimum absolute atomic E-state index is 0.0910. The molecule has 6 heteroatoms. The Morgan fingerprint density at radius 2 is 1.56 bits per heavy atom. The highest BCUT2D eigenvalue weighted by atomic mass is 32.2. The van der Waals surface area contributed by atoms with Crippen LogP contribution in [0.1, 0.15) is 16.7 Å². The predicted molar refractivity (Wildman–Crippen MR) is 129 cm³/mol. The molecular weight excluding hydrogens is 416 g/mol. The first kappa shape index (κ1) is 21.8. The molecule has 0 atom stereocenters. The van der Waals surface area contributed by atoms with Crippen molar-refractivity contribution >= 4 is 17.7 Å². The van der Waals surface area contributed by atoms with Gasteiger partial charge in [-0.1, -0.05) is 90.1 Å². The van der Waals surface area contributed by atoms with E-state index in [4.69, 9.17) is 0 Å². The van der Waals surface area contributed by atoms with Crippen molar-refractivity contribution in [2.75, 3.05) is 12.3 Å². The number of aryl methyl sites for hydroxylation is 1. The van der Waals surface area contributed by atoms with E-state index in [0.717, 1.165) is 17.7 Å². The number of hydrogen-bond acceptors (Lipinski definition) is 4. The quantitative estimate of drug-likeness (QED) is 0.345. The summed E-state index contributed by atoms with van der Waals surface area (Å²) in [6.07, 6.45) is 2.51. The summed E-state index contributed by atoms with van der Waals surface area (Å²) < 4.78 is 1.92. The van der Waals surface area contributed by atoms with Crippen LogP contribution in [-0.4, -0.2) is 37.9 Å². The van der Waals surface area contributed by atoms with Gasteiger partial charge in [-0.05, 0) is 36.6 Å². The lowest BCUT2D eigenvalue weighted by Gasteiger charge is -2.23. The first-order chi connectivity index (χ1) is 15.7. The first-order valence-electron chi connectivity index (χ1n) is 10.6. The van der Waals surface area contributed by atoms with Crippen LogP contribution in [0.5, 0.6) is 0 Å². The zero-order valence-electron chi connectivity index (χ0n) is 18.1. The summed E-state index contributed by atoms with van der Waals surface area (Å²) in [6, 6.07) is 28.6. The van der Waals surface area contributed by atoms with Crippen molar-refractivity contribution in [1.29, 1.82) is 0 Å². The van der Waals surface area contributed by atoms with Crippen LogP contribution < -0.4 is 0 Å². The molecule has 1 amide bonds. The van der Waals surface area contributed by atoms with Gasteiger partial charge in [-0.15, -0.1) is 10.2 Å². The van der Waals surface area contributed by atoms with Gasteiger partial charge in [-0.3, -0.25) is 9.36 Å². The minimum atomic E-state index is 0.0910. The van der Waals surface area contributed by atoms with Crippen molar-refractivity contribution in [1.82, 2.24) is 19.7 Å². The Kier molecular flexibility index (Phi) is 7.35. The summed E-state index contributed by atoms with van der Waals surface area (Å²) >= 11 is 1.42. The topological polar surface area (TPSA) is 51.0 Å². The van der Waals surface area contributed by atoms with Gasteiger partial charge in [-0.2, -0.15) is 0 Å². The maximum absolute atomic E-state index is 13.2. The average molecular weight is 443 g/mol. The summed E-state index contributed by atoms with van der Waals surface area (Å²) in [4.78, 5) is 15.1. The smallest absolute Gasteiger partial charge is 0.233 e. The third kappa shape index (κ3) is 5.86. The fourth-order valence-electron chi connectivity index (χ4n) is 3.43. The number of benzene rings is 3. The van der Waals surface area contributed by atoms with E-state index in [2.05, 4.69) is 53.5 Å². The molecule has 3 aromatic carbocycles. The fraction of sp³-hybridized carbons (Fsp3) is 0.192. The summed E-state index contributed by atoms with van der Waals surface area (Å²) in [5.74, 6) is 0.403. The molecule has 4 rings (SSSR count). The second kappa shape index (κ2) is 10.8. The van der Waals surface area contributed by atoms with E-state index in [9.17, 15) is 4.79 Å². The Bertz CT molecular complexity index is 1130. The van der Waals surface area contributed by atoms with Gasteiger partial charge in [-0.25, -0.2) is 0 Å². The zero-order valence-corrected chi connectivity index (χ0v) is 18.9. The molecule has 0 saturated carbocycles. The van der Waals surface area contributed by atoms with E-state index in [-0.39, 0.29) is 5.91 Å². The van der Waals surface area contributed by atoms with Crippen LogP contribution >= 0.6 is 11.8 Å². The zero-order chi connectivity index (χ0) is 22.2. The van der Waals surface area contributed by atoms with Gasteiger partial charge in [0.2, 0.25) is 5.91 Å². The molecular formula is C26H26N4OS. The van der Waals surface area contributed by atoms with Crippen LogP contribution in [0, 0.1) is 6.92 Å². The van der Waals surface area contributed by atoms with Crippen molar-refractivity contribution in [3.05, 3.63) is 108 Å². The Labute approximate surface area is 193 Å². The van der Waals surface area contributed by atoms with E-state index in [0.29, 0.717) is 24.0 Å². The van der Waals surface area contributed by atoms with Crippen molar-refractivity contribution < 1.29 is 4.79 Å². The molecule has 0 aliphatic carbocycles. The third-order valence-electron chi connectivity index (χ3n) is 5.24. The summed E-state index contributed by atoms with van der Waals surface area (Å²) in [6.45, 7) is 3.32. The van der Waals surface area contributed by atoms with Gasteiger partial charge >= 0.3 is 0 Å². The van der Waals surface area contributed by atoms with Crippen molar-refractivity contribution in [2.24, 2.45) is 0 Å². The number of amides is 1. The highest BCUT2D eigenvalue weighted by molar-refractivity contribution is 7.99. The van der Waals surface area contributed by atoms with Crippen LogP contribution in [0.25, 0.3) is 5.69 Å². The standard InChI is InChI=1S/C26H26N4OS/c1-21-12-14-24(15-13-21)30-20-27-28-26(30)32-19-25(31)29(18-23-10-6-3-7-11-23)17-16-22-8-4-2-5-9-22/h2-15,20H,16-19H2,1H3. The van der Waals surface area contributed by atoms with Crippen molar-refractivity contribution in [2.45, 2.75) is 25.0 Å². The van der Waals surface area contributed by atoms with Gasteiger partial charge in [0.15, 0.2) is 5.16 Å². The molecule has 0 unspecified atom stereocenters. The van der Waals surface area contributed by atoms with E-state index in [1.165, 1.54) is 22.9 Å². The number of thioether (sulfide) groups is 1. The number of carbonyl (C=O) groups excluding carboxylic acids is 1. The van der Waals surface area contributed by atoms with E-state index in [1.807, 2.05) is 58.0 Å². The van der Waals surface area contributed by atoms with Gasteiger partial charge < -0.3 is 4.90 Å². The van der Waals surface area contributed by atoms with Crippen LogP contribution in [-0.2, 0) is 17.8 Å². The third-order valence-corrected chi connectivity index (χ3v) is 6.16. The molecule has 162 valence electrons. The second-order valence-corrected chi connectivity index (χ2v) is 8.59. The molecule has 0 radical (unpaired) electrons. The Morgan fingerprint density at radius 3 is 2.25 bits per heavy atom. The molecule has 5 nitrogen and oxygen atoms in total. The second-order valence-electron chi connectivity index (χ2n) is 7.64. The predicted octanol–water partition coefficient (Wildman–Crippen LogP) is 4.94. The largest absolute Gasteiger partial charge is 0.337 e. The number of hydrogen-bond donors (Lipinski definition) is 0. The Hall–Kier alpha value is -3.38. The highest BCUT2D eigenvalue weighted by Gasteiger charge is 2.17. The highest BCUT2D eigenvalue weighted by Crippen LogP contribution is 2.21. The molecule has 0 aliphatic rings. The Balaban J connectivity index is 1.44. The van der Waals surface area contributed by atoms with Gasteiger partial charge in [0.05, 0.1) is 5.75 Å². The molecule has 32 heavy (non-hydrogen) atoms. The fourth-order valence-corrected chi connectivity index (χ4v) is 4.26. The average Bonchev–Trinajstić information content (AvgIpc) is 3.30. The van der Waals surface area contributed by atoms with Gasteiger partial charge in [0.25, 0.3) is 0 Å². The summed E-state index contributed by atoms with van der Waals surface area (Å²) in [5, 5.41) is 9.00. The first-order valence-corrected chi connectivity index (χ1v) is 11.6. The molecule has 1 aromatic heterocycles. The molecule has 0 fully saturated rings. The lowest BCUT2D eigenvalue weighted by atomic mass is 10.1. The number of aromatic nitrogens is 3. The SMILES string of the molecule is Cc1ccc(-n2cnnc2SCC(=O)N(CCc2ccccc2)Cc2ccccc2)cc1. The number of rotatable bonds is 9. The summed E-state index contributed by atoms with van der Waals surface area (Å²) in [5.41, 5.74) is 4.54.